The number of carbonyl (C=O) groups is 1. The van der Waals surface area contributed by atoms with Gasteiger partial charge in [0.2, 0.25) is 5.91 Å². The van der Waals surface area contributed by atoms with E-state index in [-0.39, 0.29) is 23.3 Å². The van der Waals surface area contributed by atoms with E-state index in [2.05, 4.69) is 10.2 Å². The number of nitrogens with zero attached hydrogens (tertiary/aromatic N) is 1. The third-order valence-electron chi connectivity index (χ3n) is 5.83. The number of hydrogen-bond donors (Lipinski definition) is 2. The molecule has 0 spiro atoms. The standard InChI is InChI=1S/C26H27FN2O4/c1-32-22-10-11-24(30)19(16-22)17-29-14-12-18(13-15-29)26(31)28-20-6-8-21(9-7-20)33-25-5-3-2-4-23(25)27/h2-11,16,18,30H,12-15,17H2,1H3,(H,28,31). The molecule has 1 heterocycles. The molecule has 1 aliphatic heterocycles. The second-order valence-electron chi connectivity index (χ2n) is 8.09. The third-order valence-corrected chi connectivity index (χ3v) is 5.83. The lowest BCUT2D eigenvalue weighted by atomic mass is 9.95. The van der Waals surface area contributed by atoms with Crippen molar-refractivity contribution in [1.82, 2.24) is 4.90 Å². The summed E-state index contributed by atoms with van der Waals surface area (Å²) in [4.78, 5) is 15.0. The van der Waals surface area contributed by atoms with Crippen LogP contribution in [0.15, 0.2) is 66.7 Å². The minimum absolute atomic E-state index is 0.0124. The van der Waals surface area contributed by atoms with Crippen molar-refractivity contribution in [3.63, 3.8) is 0 Å². The summed E-state index contributed by atoms with van der Waals surface area (Å²) in [5, 5.41) is 13.1. The molecule has 1 aliphatic rings. The number of halogens is 1. The number of rotatable bonds is 7. The summed E-state index contributed by atoms with van der Waals surface area (Å²) in [5.41, 5.74) is 1.49. The van der Waals surface area contributed by atoms with Gasteiger partial charge in [0.1, 0.15) is 17.2 Å². The Kier molecular flexibility index (Phi) is 7.10. The second-order valence-corrected chi connectivity index (χ2v) is 8.09. The van der Waals surface area contributed by atoms with Gasteiger partial charge in [-0.2, -0.15) is 0 Å². The smallest absolute Gasteiger partial charge is 0.227 e. The maximum atomic E-state index is 13.7. The van der Waals surface area contributed by atoms with Crippen molar-refractivity contribution >= 4 is 11.6 Å². The quantitative estimate of drug-likeness (QED) is 0.519. The van der Waals surface area contributed by atoms with Crippen LogP contribution in [-0.4, -0.2) is 36.1 Å². The van der Waals surface area contributed by atoms with Crippen LogP contribution in [0.25, 0.3) is 0 Å². The lowest BCUT2D eigenvalue weighted by molar-refractivity contribution is -0.121. The van der Waals surface area contributed by atoms with E-state index >= 15 is 0 Å². The fourth-order valence-electron chi connectivity index (χ4n) is 3.91. The number of methoxy groups -OCH3 is 1. The first-order chi connectivity index (χ1) is 16.0. The topological polar surface area (TPSA) is 71.0 Å². The zero-order valence-corrected chi connectivity index (χ0v) is 18.5. The van der Waals surface area contributed by atoms with Crippen LogP contribution in [0.1, 0.15) is 18.4 Å². The predicted molar refractivity (Wildman–Crippen MR) is 124 cm³/mol. The van der Waals surface area contributed by atoms with Gasteiger partial charge in [-0.25, -0.2) is 4.39 Å². The zero-order valence-electron chi connectivity index (χ0n) is 18.5. The van der Waals surface area contributed by atoms with Gasteiger partial charge in [0, 0.05) is 23.7 Å². The number of para-hydroxylation sites is 1. The Bertz CT molecular complexity index is 1100. The molecule has 0 aliphatic carbocycles. The lowest BCUT2D eigenvalue weighted by Crippen LogP contribution is -2.37. The highest BCUT2D eigenvalue weighted by Crippen LogP contribution is 2.28. The SMILES string of the molecule is COc1ccc(O)c(CN2CCC(C(=O)Nc3ccc(Oc4ccccc4F)cc3)CC2)c1. The monoisotopic (exact) mass is 450 g/mol. The van der Waals surface area contributed by atoms with Crippen LogP contribution in [-0.2, 0) is 11.3 Å². The van der Waals surface area contributed by atoms with E-state index in [4.69, 9.17) is 9.47 Å². The molecule has 4 rings (SSSR count). The molecule has 0 atom stereocenters. The molecular weight excluding hydrogens is 423 g/mol. The van der Waals surface area contributed by atoms with Crippen molar-refractivity contribution in [3.8, 4) is 23.0 Å². The molecule has 0 aromatic heterocycles. The molecule has 172 valence electrons. The molecule has 0 bridgehead atoms. The Morgan fingerprint density at radius 2 is 1.76 bits per heavy atom. The number of likely N-dealkylation sites (tertiary alicyclic amines) is 1. The molecule has 1 amide bonds. The van der Waals surface area contributed by atoms with E-state index < -0.39 is 5.82 Å². The number of piperidine rings is 1. The van der Waals surface area contributed by atoms with Gasteiger partial charge in [0.25, 0.3) is 0 Å². The van der Waals surface area contributed by atoms with E-state index in [0.29, 0.717) is 23.7 Å². The molecule has 0 saturated carbocycles. The number of amides is 1. The van der Waals surface area contributed by atoms with Crippen LogP contribution in [0.4, 0.5) is 10.1 Å². The first-order valence-corrected chi connectivity index (χ1v) is 10.9. The van der Waals surface area contributed by atoms with Crippen molar-refractivity contribution < 1.29 is 23.8 Å². The first kappa shape index (κ1) is 22.6. The fraction of sp³-hybridized carbons (Fsp3) is 0.269. The molecule has 3 aromatic carbocycles. The van der Waals surface area contributed by atoms with Gasteiger partial charge < -0.3 is 19.9 Å². The van der Waals surface area contributed by atoms with Gasteiger partial charge >= 0.3 is 0 Å². The van der Waals surface area contributed by atoms with Crippen molar-refractivity contribution in [3.05, 3.63) is 78.1 Å². The Balaban J connectivity index is 1.27. The number of aromatic hydroxyl groups is 1. The number of nitrogens with one attached hydrogen (secondary N) is 1. The van der Waals surface area contributed by atoms with Crippen LogP contribution in [0.5, 0.6) is 23.0 Å². The second kappa shape index (κ2) is 10.4. The summed E-state index contributed by atoms with van der Waals surface area (Å²) < 4.78 is 24.5. The van der Waals surface area contributed by atoms with E-state index in [9.17, 15) is 14.3 Å². The number of phenolic OH excluding ortho intramolecular Hbond substituents is 1. The van der Waals surface area contributed by atoms with E-state index in [1.54, 1.807) is 61.7 Å². The number of anilines is 1. The van der Waals surface area contributed by atoms with Crippen molar-refractivity contribution in [1.29, 1.82) is 0 Å². The summed E-state index contributed by atoms with van der Waals surface area (Å²) in [6.07, 6.45) is 1.48. The van der Waals surface area contributed by atoms with Gasteiger partial charge in [-0.1, -0.05) is 12.1 Å². The molecule has 33 heavy (non-hydrogen) atoms. The van der Waals surface area contributed by atoms with Gasteiger partial charge in [0.15, 0.2) is 11.6 Å². The molecule has 7 heteroatoms. The normalized spacial score (nSPS) is 14.6. The highest BCUT2D eigenvalue weighted by molar-refractivity contribution is 5.92. The van der Waals surface area contributed by atoms with E-state index in [1.165, 1.54) is 6.07 Å². The first-order valence-electron chi connectivity index (χ1n) is 10.9. The van der Waals surface area contributed by atoms with Crippen LogP contribution in [0, 0.1) is 11.7 Å². The number of hydrogen-bond acceptors (Lipinski definition) is 5. The summed E-state index contributed by atoms with van der Waals surface area (Å²) in [5.74, 6) is 1.09. The Hall–Kier alpha value is -3.58. The highest BCUT2D eigenvalue weighted by atomic mass is 19.1. The Morgan fingerprint density at radius 1 is 1.06 bits per heavy atom. The van der Waals surface area contributed by atoms with Crippen molar-refractivity contribution in [2.45, 2.75) is 19.4 Å². The highest BCUT2D eigenvalue weighted by Gasteiger charge is 2.25. The van der Waals surface area contributed by atoms with Gasteiger partial charge in [-0.05, 0) is 80.5 Å². The van der Waals surface area contributed by atoms with Crippen LogP contribution >= 0.6 is 0 Å². The predicted octanol–water partition coefficient (Wildman–Crippen LogP) is 5.18. The Labute approximate surface area is 192 Å². The summed E-state index contributed by atoms with van der Waals surface area (Å²) in [7, 11) is 1.60. The molecule has 6 nitrogen and oxygen atoms in total. The molecule has 0 unspecified atom stereocenters. The number of carbonyl (C=O) groups excluding carboxylic acids is 1. The summed E-state index contributed by atoms with van der Waals surface area (Å²) >= 11 is 0. The van der Waals surface area contributed by atoms with Crippen molar-refractivity contribution in [2.75, 3.05) is 25.5 Å². The minimum atomic E-state index is -0.428. The molecule has 2 N–H and O–H groups in total. The zero-order chi connectivity index (χ0) is 23.2. The van der Waals surface area contributed by atoms with Crippen LogP contribution < -0.4 is 14.8 Å². The largest absolute Gasteiger partial charge is 0.508 e. The molecule has 0 radical (unpaired) electrons. The number of benzene rings is 3. The van der Waals surface area contributed by atoms with E-state index in [1.807, 2.05) is 6.07 Å². The average molecular weight is 451 g/mol. The maximum absolute atomic E-state index is 13.7. The number of ether oxygens (including phenoxy) is 2. The maximum Gasteiger partial charge on any atom is 0.227 e. The van der Waals surface area contributed by atoms with Crippen molar-refractivity contribution in [2.24, 2.45) is 5.92 Å². The lowest BCUT2D eigenvalue weighted by Gasteiger charge is -2.31. The van der Waals surface area contributed by atoms with E-state index in [0.717, 1.165) is 31.5 Å². The van der Waals surface area contributed by atoms with Gasteiger partial charge in [-0.3, -0.25) is 9.69 Å². The summed E-state index contributed by atoms with van der Waals surface area (Å²) in [6, 6.07) is 18.3. The van der Waals surface area contributed by atoms with Gasteiger partial charge in [-0.15, -0.1) is 0 Å². The van der Waals surface area contributed by atoms with Gasteiger partial charge in [0.05, 0.1) is 7.11 Å². The molecule has 1 fully saturated rings. The van der Waals surface area contributed by atoms with Crippen LogP contribution in [0.2, 0.25) is 0 Å². The molecular formula is C26H27FN2O4. The molecule has 1 saturated heterocycles. The summed E-state index contributed by atoms with van der Waals surface area (Å²) in [6.45, 7) is 2.15. The number of phenols is 1. The molecule has 3 aromatic rings. The van der Waals surface area contributed by atoms with Crippen LogP contribution in [0.3, 0.4) is 0 Å². The Morgan fingerprint density at radius 3 is 2.45 bits per heavy atom. The fourth-order valence-corrected chi connectivity index (χ4v) is 3.91. The third kappa shape index (κ3) is 5.81. The average Bonchev–Trinajstić information content (AvgIpc) is 2.83. The minimum Gasteiger partial charge on any atom is -0.508 e.